The van der Waals surface area contributed by atoms with E-state index >= 15 is 0 Å². The van der Waals surface area contributed by atoms with Crippen LogP contribution in [0.5, 0.6) is 0 Å². The van der Waals surface area contributed by atoms with Gasteiger partial charge in [-0.05, 0) is 56.6 Å². The average Bonchev–Trinajstić information content (AvgIpc) is 3.51. The first-order chi connectivity index (χ1) is 24.8. The highest BCUT2D eigenvalue weighted by atomic mass is 15.1. The summed E-state index contributed by atoms with van der Waals surface area (Å²) in [5, 5.41) is 5.08. The molecule has 2 nitrogen and oxygen atoms in total. The first-order valence-electron chi connectivity index (χ1n) is 17.6. The van der Waals surface area contributed by atoms with Crippen molar-refractivity contribution in [2.24, 2.45) is 0 Å². The largest absolute Gasteiger partial charge is 0.377 e. The summed E-state index contributed by atoms with van der Waals surface area (Å²) < 4.78 is 2.46. The molecule has 0 unspecified atom stereocenters. The van der Waals surface area contributed by atoms with Gasteiger partial charge in [-0.15, -0.1) is 0 Å². The molecule has 0 bridgehead atoms. The first-order valence-corrected chi connectivity index (χ1v) is 17.6. The van der Waals surface area contributed by atoms with Gasteiger partial charge in [0.05, 0.1) is 16.7 Å². The Balaban J connectivity index is 1.16. The van der Waals surface area contributed by atoms with Crippen molar-refractivity contribution in [3.63, 3.8) is 0 Å². The molecular formula is C46H28B2N2. The molecule has 0 N–H and O–H groups in total. The molecule has 8 aromatic carbocycles. The van der Waals surface area contributed by atoms with Gasteiger partial charge in [0.2, 0.25) is 6.71 Å². The monoisotopic (exact) mass is 630 g/mol. The van der Waals surface area contributed by atoms with Crippen molar-refractivity contribution in [3.8, 4) is 27.9 Å². The Morgan fingerprint density at radius 1 is 0.380 bits per heavy atom. The van der Waals surface area contributed by atoms with Crippen LogP contribution < -0.4 is 32.1 Å². The Labute approximate surface area is 291 Å². The molecule has 0 atom stereocenters. The summed E-state index contributed by atoms with van der Waals surface area (Å²) in [6.45, 7) is 0.225. The molecule has 12 rings (SSSR count). The third-order valence-electron chi connectivity index (χ3n) is 11.6. The summed E-state index contributed by atoms with van der Waals surface area (Å²) in [6.07, 6.45) is 0. The van der Waals surface area contributed by atoms with Crippen LogP contribution in [0.1, 0.15) is 0 Å². The van der Waals surface area contributed by atoms with E-state index in [4.69, 9.17) is 0 Å². The van der Waals surface area contributed by atoms with Crippen molar-refractivity contribution in [1.82, 2.24) is 4.57 Å². The zero-order valence-electron chi connectivity index (χ0n) is 27.2. The molecule has 0 saturated heterocycles. The van der Waals surface area contributed by atoms with E-state index in [1.807, 2.05) is 0 Å². The number of hydrogen-bond donors (Lipinski definition) is 0. The van der Waals surface area contributed by atoms with Gasteiger partial charge < -0.3 is 9.38 Å². The predicted octanol–water partition coefficient (Wildman–Crippen LogP) is 7.67. The second-order valence-corrected chi connectivity index (χ2v) is 14.0. The highest BCUT2D eigenvalue weighted by Gasteiger charge is 2.48. The predicted molar refractivity (Wildman–Crippen MR) is 214 cm³/mol. The third-order valence-corrected chi connectivity index (χ3v) is 11.6. The van der Waals surface area contributed by atoms with E-state index in [1.165, 1.54) is 99.2 Å². The highest BCUT2D eigenvalue weighted by molar-refractivity contribution is 7.01. The molecule has 1 aromatic heterocycles. The molecule has 0 spiro atoms. The van der Waals surface area contributed by atoms with Crippen molar-refractivity contribution in [2.45, 2.75) is 0 Å². The number of benzene rings is 8. The van der Waals surface area contributed by atoms with E-state index in [0.717, 1.165) is 0 Å². The Hall–Kier alpha value is -6.25. The highest BCUT2D eigenvalue weighted by Crippen LogP contribution is 2.46. The molecule has 4 heteroatoms. The minimum Gasteiger partial charge on any atom is -0.377 e. The molecule has 3 aliphatic rings. The Morgan fingerprint density at radius 2 is 0.920 bits per heavy atom. The van der Waals surface area contributed by atoms with Crippen LogP contribution in [0.25, 0.3) is 60.5 Å². The average molecular weight is 630 g/mol. The van der Waals surface area contributed by atoms with Crippen LogP contribution in [0.3, 0.4) is 0 Å². The minimum absolute atomic E-state index is 0.0939. The van der Waals surface area contributed by atoms with Gasteiger partial charge in [-0.1, -0.05) is 157 Å². The zero-order chi connectivity index (χ0) is 32.5. The van der Waals surface area contributed by atoms with Crippen molar-refractivity contribution < 1.29 is 0 Å². The maximum absolute atomic E-state index is 2.68. The number of aromatic nitrogens is 1. The fourth-order valence-electron chi connectivity index (χ4n) is 9.70. The second kappa shape index (κ2) is 9.68. The number of anilines is 2. The number of para-hydroxylation sites is 3. The van der Waals surface area contributed by atoms with Crippen LogP contribution in [0.2, 0.25) is 0 Å². The molecule has 0 aliphatic carbocycles. The lowest BCUT2D eigenvalue weighted by molar-refractivity contribution is 1.20. The van der Waals surface area contributed by atoms with Gasteiger partial charge in [0, 0.05) is 38.7 Å². The number of hydrogen-bond acceptors (Lipinski definition) is 1. The molecule has 0 saturated carbocycles. The lowest BCUT2D eigenvalue weighted by Crippen LogP contribution is -2.67. The fourth-order valence-corrected chi connectivity index (χ4v) is 9.70. The van der Waals surface area contributed by atoms with E-state index in [2.05, 4.69) is 179 Å². The van der Waals surface area contributed by atoms with Gasteiger partial charge in [0.1, 0.15) is 0 Å². The van der Waals surface area contributed by atoms with E-state index in [0.29, 0.717) is 0 Å². The number of fused-ring (bicyclic) bond motifs is 10. The normalized spacial score (nSPS) is 13.5. The number of nitrogens with zero attached hydrogens (tertiary/aromatic N) is 2. The SMILES string of the molecule is c1ccc2c(c1)B1c3ccccc3-c3cccc4c3N1c1c(cccc1-2)B4c1ccc2c(c1)c1ccccc1n2-c1cccc2ccccc12. The Morgan fingerprint density at radius 3 is 1.66 bits per heavy atom. The Kier molecular flexibility index (Phi) is 5.16. The van der Waals surface area contributed by atoms with Crippen LogP contribution in [-0.4, -0.2) is 18.1 Å². The fraction of sp³-hybridized carbons (Fsp3) is 0. The zero-order valence-corrected chi connectivity index (χ0v) is 27.2. The molecular weight excluding hydrogens is 602 g/mol. The molecule has 3 aliphatic heterocycles. The quantitative estimate of drug-likeness (QED) is 0.178. The van der Waals surface area contributed by atoms with Crippen LogP contribution in [0.4, 0.5) is 11.4 Å². The van der Waals surface area contributed by atoms with Crippen molar-refractivity contribution >= 4 is 84.8 Å². The van der Waals surface area contributed by atoms with Crippen LogP contribution >= 0.6 is 0 Å². The van der Waals surface area contributed by atoms with Crippen LogP contribution in [0.15, 0.2) is 170 Å². The van der Waals surface area contributed by atoms with Gasteiger partial charge in [-0.25, -0.2) is 0 Å². The molecule has 0 radical (unpaired) electrons. The van der Waals surface area contributed by atoms with Gasteiger partial charge in [0.15, 0.2) is 0 Å². The van der Waals surface area contributed by atoms with Crippen molar-refractivity contribution in [3.05, 3.63) is 170 Å². The van der Waals surface area contributed by atoms with E-state index in [9.17, 15) is 0 Å². The number of rotatable bonds is 2. The molecule has 228 valence electrons. The molecule has 0 fully saturated rings. The maximum Gasteiger partial charge on any atom is 0.329 e. The lowest BCUT2D eigenvalue weighted by Gasteiger charge is -2.49. The second-order valence-electron chi connectivity index (χ2n) is 14.0. The summed E-state index contributed by atoms with van der Waals surface area (Å²) >= 11 is 0. The molecule has 9 aromatic rings. The third kappa shape index (κ3) is 3.31. The summed E-state index contributed by atoms with van der Waals surface area (Å²) in [4.78, 5) is 2.68. The Bertz CT molecular complexity index is 2820. The summed E-state index contributed by atoms with van der Waals surface area (Å²) in [5.41, 5.74) is 18.6. The van der Waals surface area contributed by atoms with E-state index < -0.39 is 0 Å². The molecule has 4 heterocycles. The standard InChI is InChI=1S/C46H28B2N2/c1-2-14-31-29(12-1)13-9-25-42(31)49-43-24-8-5-17-34(43)37-28-30(26-27-44(37)49)47-40-22-10-18-35-32-15-3-6-20-38(32)48-39-21-7-4-16-33(39)36-19-11-23-41(47)46(36)50(48)45(35)40/h1-28H. The molecule has 50 heavy (non-hydrogen) atoms. The van der Waals surface area contributed by atoms with Gasteiger partial charge in [-0.2, -0.15) is 0 Å². The smallest absolute Gasteiger partial charge is 0.329 e. The lowest BCUT2D eigenvalue weighted by atomic mass is 9.32. The minimum atomic E-state index is 0.0939. The topological polar surface area (TPSA) is 8.17 Å². The molecule has 0 amide bonds. The first kappa shape index (κ1) is 26.7. The van der Waals surface area contributed by atoms with Crippen molar-refractivity contribution in [2.75, 3.05) is 4.81 Å². The van der Waals surface area contributed by atoms with Gasteiger partial charge in [-0.3, -0.25) is 0 Å². The summed E-state index contributed by atoms with van der Waals surface area (Å²) in [7, 11) is 0. The van der Waals surface area contributed by atoms with Crippen LogP contribution in [-0.2, 0) is 0 Å². The maximum atomic E-state index is 2.68. The van der Waals surface area contributed by atoms with Gasteiger partial charge in [0.25, 0.3) is 0 Å². The van der Waals surface area contributed by atoms with Crippen molar-refractivity contribution in [1.29, 1.82) is 0 Å². The van der Waals surface area contributed by atoms with E-state index in [1.54, 1.807) is 0 Å². The van der Waals surface area contributed by atoms with E-state index in [-0.39, 0.29) is 13.6 Å². The van der Waals surface area contributed by atoms with Crippen LogP contribution in [0, 0.1) is 0 Å². The summed E-state index contributed by atoms with van der Waals surface area (Å²) in [6, 6.07) is 63.6. The summed E-state index contributed by atoms with van der Waals surface area (Å²) in [5.74, 6) is 0. The van der Waals surface area contributed by atoms with Gasteiger partial charge >= 0.3 is 6.85 Å².